The molecule has 7 atom stereocenters. The molecule has 0 heterocycles. The third kappa shape index (κ3) is 3.73. The first-order chi connectivity index (χ1) is 17.6. The van der Waals surface area contributed by atoms with E-state index < -0.39 is 65.6 Å². The van der Waals surface area contributed by atoms with Gasteiger partial charge in [-0.05, 0) is 67.1 Å². The van der Waals surface area contributed by atoms with Crippen molar-refractivity contribution in [3.05, 3.63) is 46.5 Å². The van der Waals surface area contributed by atoms with Crippen molar-refractivity contribution < 1.29 is 47.2 Å². The number of fused-ring (bicyclic) bond motifs is 4. The van der Waals surface area contributed by atoms with E-state index in [0.29, 0.717) is 29.5 Å². The van der Waals surface area contributed by atoms with Crippen LogP contribution in [0.4, 0.5) is 22.0 Å². The van der Waals surface area contributed by atoms with E-state index in [-0.39, 0.29) is 37.9 Å². The van der Waals surface area contributed by atoms with Crippen LogP contribution >= 0.6 is 0 Å². The SMILES string of the molecule is C[C@]12C[C@H](c3ccc(C(O)CO)cc3)C3=C4CCC(=O)C[C@]4(O)CC[C@H]3[C@@H]1CC[C@@]2(O)C(F)(F)C(F)(F)F. The molecule has 0 aromatic heterocycles. The van der Waals surface area contributed by atoms with Crippen LogP contribution in [-0.4, -0.2) is 56.1 Å². The maximum atomic E-state index is 15.0. The molecule has 1 aromatic rings. The van der Waals surface area contributed by atoms with Crippen LogP contribution in [0.2, 0.25) is 0 Å². The summed E-state index contributed by atoms with van der Waals surface area (Å²) in [6.07, 6.45) is -6.97. The molecule has 0 saturated heterocycles. The van der Waals surface area contributed by atoms with Crippen molar-refractivity contribution in [2.45, 2.75) is 93.6 Å². The highest BCUT2D eigenvalue weighted by Gasteiger charge is 2.79. The second-order valence-corrected chi connectivity index (χ2v) is 11.9. The molecule has 5 nitrogen and oxygen atoms in total. The Kier molecular flexibility index (Phi) is 6.42. The lowest BCUT2D eigenvalue weighted by Crippen LogP contribution is -2.65. The molecule has 3 saturated carbocycles. The van der Waals surface area contributed by atoms with E-state index >= 15 is 8.78 Å². The topological polar surface area (TPSA) is 98.0 Å². The molecule has 0 bridgehead atoms. The Balaban J connectivity index is 1.67. The average molecular weight is 545 g/mol. The van der Waals surface area contributed by atoms with Crippen LogP contribution in [-0.2, 0) is 4.79 Å². The van der Waals surface area contributed by atoms with Gasteiger partial charge in [-0.1, -0.05) is 36.8 Å². The van der Waals surface area contributed by atoms with E-state index in [4.69, 9.17) is 0 Å². The molecular weight excluding hydrogens is 511 g/mol. The van der Waals surface area contributed by atoms with E-state index in [9.17, 15) is 38.4 Å². The molecule has 1 unspecified atom stereocenters. The number of aliphatic hydroxyl groups is 4. The molecule has 38 heavy (non-hydrogen) atoms. The number of allylic oxidation sites excluding steroid dienone is 1. The van der Waals surface area contributed by atoms with Gasteiger partial charge in [-0.3, -0.25) is 4.79 Å². The van der Waals surface area contributed by atoms with Gasteiger partial charge in [0.1, 0.15) is 17.5 Å². The molecular formula is C28H33F5O5. The number of halogens is 5. The van der Waals surface area contributed by atoms with Gasteiger partial charge in [0, 0.05) is 24.2 Å². The van der Waals surface area contributed by atoms with Crippen molar-refractivity contribution in [2.24, 2.45) is 17.3 Å². The van der Waals surface area contributed by atoms with Crippen LogP contribution in [0.15, 0.2) is 35.4 Å². The summed E-state index contributed by atoms with van der Waals surface area (Å²) in [5.74, 6) is -7.15. The molecule has 5 rings (SSSR count). The number of benzene rings is 1. The number of hydrogen-bond donors (Lipinski definition) is 4. The Labute approximate surface area is 217 Å². The number of ketones is 1. The molecule has 4 aliphatic carbocycles. The summed E-state index contributed by atoms with van der Waals surface area (Å²) in [7, 11) is 0. The standard InChI is InChI=1S/C28H33F5O5/c1-24-13-19(15-2-4-16(5-3-15)22(36)14-34)23-18(8-10-25(37)12-17(35)6-7-21(23)25)20(24)9-11-26(24,38)27(29,30)28(31,32)33/h2-5,18-20,22,34,36-38H,6-14H2,1H3/t18-,19+,20-,22?,24-,25+,26-/m0/s1. The van der Waals surface area contributed by atoms with Crippen LogP contribution in [0, 0.1) is 17.3 Å². The van der Waals surface area contributed by atoms with E-state index in [1.165, 1.54) is 6.92 Å². The van der Waals surface area contributed by atoms with Gasteiger partial charge in [-0.25, -0.2) is 0 Å². The highest BCUT2D eigenvalue weighted by atomic mass is 19.4. The highest BCUT2D eigenvalue weighted by Crippen LogP contribution is 2.71. The zero-order valence-electron chi connectivity index (χ0n) is 21.1. The predicted octanol–water partition coefficient (Wildman–Crippen LogP) is 4.74. The Morgan fingerprint density at radius 2 is 1.68 bits per heavy atom. The molecule has 3 fully saturated rings. The van der Waals surface area contributed by atoms with Gasteiger partial charge < -0.3 is 20.4 Å². The van der Waals surface area contributed by atoms with Gasteiger partial charge in [0.05, 0.1) is 12.2 Å². The first-order valence-electron chi connectivity index (χ1n) is 13.1. The van der Waals surface area contributed by atoms with E-state index in [1.807, 2.05) is 0 Å². The summed E-state index contributed by atoms with van der Waals surface area (Å²) in [4.78, 5) is 12.2. The number of rotatable bonds is 4. The third-order valence-corrected chi connectivity index (χ3v) is 10.2. The number of carbonyl (C=O) groups excluding carboxylic acids is 1. The highest BCUT2D eigenvalue weighted by molar-refractivity contribution is 5.82. The van der Waals surface area contributed by atoms with Gasteiger partial charge in [0.25, 0.3) is 0 Å². The largest absolute Gasteiger partial charge is 0.456 e. The Bertz CT molecular complexity index is 1150. The summed E-state index contributed by atoms with van der Waals surface area (Å²) >= 11 is 0. The van der Waals surface area contributed by atoms with E-state index in [2.05, 4.69) is 0 Å². The maximum absolute atomic E-state index is 15.0. The number of carbonyl (C=O) groups is 1. The van der Waals surface area contributed by atoms with Crippen LogP contribution in [0.25, 0.3) is 0 Å². The van der Waals surface area contributed by atoms with Crippen molar-refractivity contribution in [3.8, 4) is 0 Å². The maximum Gasteiger partial charge on any atom is 0.456 e. The van der Waals surface area contributed by atoms with Gasteiger partial charge in [0.15, 0.2) is 0 Å². The van der Waals surface area contributed by atoms with Crippen molar-refractivity contribution in [1.29, 1.82) is 0 Å². The first-order valence-corrected chi connectivity index (χ1v) is 13.1. The number of hydrogen-bond acceptors (Lipinski definition) is 5. The first kappa shape index (κ1) is 27.7. The molecule has 210 valence electrons. The van der Waals surface area contributed by atoms with Crippen molar-refractivity contribution >= 4 is 5.78 Å². The van der Waals surface area contributed by atoms with E-state index in [0.717, 1.165) is 5.57 Å². The number of alkyl halides is 5. The Hall–Kier alpha value is -1.88. The van der Waals surface area contributed by atoms with Crippen LogP contribution in [0.5, 0.6) is 0 Å². The second-order valence-electron chi connectivity index (χ2n) is 11.9. The van der Waals surface area contributed by atoms with Crippen LogP contribution < -0.4 is 0 Å². The molecule has 0 radical (unpaired) electrons. The zero-order valence-corrected chi connectivity index (χ0v) is 21.1. The lowest BCUT2D eigenvalue weighted by molar-refractivity contribution is -0.362. The van der Waals surface area contributed by atoms with Gasteiger partial charge >= 0.3 is 12.1 Å². The zero-order chi connectivity index (χ0) is 27.9. The fraction of sp³-hybridized carbons (Fsp3) is 0.679. The number of aliphatic hydroxyl groups excluding tert-OH is 2. The molecule has 1 aromatic carbocycles. The Morgan fingerprint density at radius 3 is 2.29 bits per heavy atom. The molecule has 4 N–H and O–H groups in total. The predicted molar refractivity (Wildman–Crippen MR) is 126 cm³/mol. The minimum atomic E-state index is -5.92. The summed E-state index contributed by atoms with van der Waals surface area (Å²) in [6.45, 7) is 0.828. The summed E-state index contributed by atoms with van der Waals surface area (Å²) in [5, 5.41) is 42.0. The summed E-state index contributed by atoms with van der Waals surface area (Å²) < 4.78 is 71.0. The lowest BCUT2D eigenvalue weighted by atomic mass is 9.49. The van der Waals surface area contributed by atoms with Crippen LogP contribution in [0.1, 0.15) is 81.4 Å². The fourth-order valence-electron chi connectivity index (χ4n) is 8.21. The molecule has 0 aliphatic heterocycles. The average Bonchev–Trinajstić information content (AvgIpc) is 3.13. The second kappa shape index (κ2) is 8.81. The lowest BCUT2D eigenvalue weighted by Gasteiger charge is -2.57. The molecule has 4 aliphatic rings. The normalized spacial score (nSPS) is 38.5. The Morgan fingerprint density at radius 1 is 1.03 bits per heavy atom. The van der Waals surface area contributed by atoms with Gasteiger partial charge in [-0.15, -0.1) is 0 Å². The van der Waals surface area contributed by atoms with Crippen molar-refractivity contribution in [1.82, 2.24) is 0 Å². The smallest absolute Gasteiger partial charge is 0.393 e. The minimum absolute atomic E-state index is 0.00811. The minimum Gasteiger partial charge on any atom is -0.393 e. The molecule has 10 heteroatoms. The fourth-order valence-corrected chi connectivity index (χ4v) is 8.21. The van der Waals surface area contributed by atoms with Gasteiger partial charge in [0.2, 0.25) is 0 Å². The number of Topliss-reactive ketones (excluding diaryl/α,β-unsaturated/α-hetero) is 1. The third-order valence-electron chi connectivity index (χ3n) is 10.2. The monoisotopic (exact) mass is 544 g/mol. The van der Waals surface area contributed by atoms with Crippen LogP contribution in [0.3, 0.4) is 0 Å². The van der Waals surface area contributed by atoms with Gasteiger partial charge in [-0.2, -0.15) is 22.0 Å². The van der Waals surface area contributed by atoms with Crippen molar-refractivity contribution in [2.75, 3.05) is 6.61 Å². The summed E-state index contributed by atoms with van der Waals surface area (Å²) in [5.41, 5.74) is -3.98. The molecule has 0 spiro atoms. The van der Waals surface area contributed by atoms with Crippen molar-refractivity contribution in [3.63, 3.8) is 0 Å². The van der Waals surface area contributed by atoms with E-state index in [1.54, 1.807) is 24.3 Å². The quantitative estimate of drug-likeness (QED) is 0.325. The molecule has 0 amide bonds. The summed E-state index contributed by atoms with van der Waals surface area (Å²) in [6, 6.07) is 6.42.